The first kappa shape index (κ1) is 36.3. The van der Waals surface area contributed by atoms with Crippen LogP contribution in [0, 0.1) is 5.41 Å². The smallest absolute Gasteiger partial charge is 0.145 e. The third-order valence-electron chi connectivity index (χ3n) is 8.53. The molecule has 0 aromatic heterocycles. The predicted octanol–water partition coefficient (Wildman–Crippen LogP) is 9.84. The molecule has 2 nitrogen and oxygen atoms in total. The van der Waals surface area contributed by atoms with Gasteiger partial charge in [0.05, 0.1) is 6.16 Å². The highest BCUT2D eigenvalue weighted by Gasteiger charge is 2.44. The number of carbonyl (C=O) groups excluding carboxylic acids is 2. The van der Waals surface area contributed by atoms with E-state index in [2.05, 4.69) is 137 Å². The zero-order valence-corrected chi connectivity index (χ0v) is 29.3. The van der Waals surface area contributed by atoms with Crippen molar-refractivity contribution in [2.24, 2.45) is 5.41 Å². The van der Waals surface area contributed by atoms with Gasteiger partial charge in [-0.25, -0.2) is 0 Å². The van der Waals surface area contributed by atoms with E-state index in [1.807, 2.05) is 0 Å². The monoisotopic (exact) mass is 629 g/mol. The van der Waals surface area contributed by atoms with Gasteiger partial charge in [0.25, 0.3) is 0 Å². The number of benzene rings is 3. The summed E-state index contributed by atoms with van der Waals surface area (Å²) in [5.74, 6) is 0. The Morgan fingerprint density at radius 3 is 1.52 bits per heavy atom. The van der Waals surface area contributed by atoms with Crippen LogP contribution in [0.25, 0.3) is 0 Å². The Balaban J connectivity index is 0.000000409. The van der Waals surface area contributed by atoms with E-state index in [0.717, 1.165) is 18.7 Å². The summed E-state index contributed by atoms with van der Waals surface area (Å²) < 4.78 is 0. The Hall–Kier alpha value is -4.13. The summed E-state index contributed by atoms with van der Waals surface area (Å²) in [6.07, 6.45) is 20.4. The SMILES string of the molecule is CC1=C(/C=C/C(C)=C/C[P+](c2ccccc2)(c2ccccc2)c2ccccc2)C(C)(C)CCC1.C\C(C=O)=C/C=C/C=C(\C)C=O. The molecule has 3 aromatic rings. The van der Waals surface area contributed by atoms with Crippen molar-refractivity contribution in [3.05, 3.63) is 161 Å². The van der Waals surface area contributed by atoms with Gasteiger partial charge < -0.3 is 0 Å². The summed E-state index contributed by atoms with van der Waals surface area (Å²) in [6.45, 7) is 12.8. The van der Waals surface area contributed by atoms with Gasteiger partial charge in [0.1, 0.15) is 35.7 Å². The molecular weight excluding hydrogens is 579 g/mol. The number of hydrogen-bond acceptors (Lipinski definition) is 2. The summed E-state index contributed by atoms with van der Waals surface area (Å²) in [6, 6.07) is 33.4. The van der Waals surface area contributed by atoms with Crippen molar-refractivity contribution >= 4 is 35.7 Å². The van der Waals surface area contributed by atoms with Crippen LogP contribution in [0.3, 0.4) is 0 Å². The zero-order chi connectivity index (χ0) is 33.4. The minimum absolute atomic E-state index is 0.272. The lowest BCUT2D eigenvalue weighted by molar-refractivity contribution is -0.105. The van der Waals surface area contributed by atoms with Crippen LogP contribution in [0.1, 0.15) is 60.8 Å². The number of carbonyl (C=O) groups is 2. The molecular formula is C43H50O2P+. The molecule has 0 heterocycles. The highest BCUT2D eigenvalue weighted by atomic mass is 31.2. The van der Waals surface area contributed by atoms with Crippen molar-refractivity contribution in [2.45, 2.75) is 60.8 Å². The van der Waals surface area contributed by atoms with Gasteiger partial charge in [-0.1, -0.05) is 116 Å². The quantitative estimate of drug-likeness (QED) is 0.0916. The summed E-state index contributed by atoms with van der Waals surface area (Å²) in [4.78, 5) is 20.2. The Kier molecular flexibility index (Phi) is 14.3. The second-order valence-electron chi connectivity index (χ2n) is 12.7. The van der Waals surface area contributed by atoms with Crippen LogP contribution in [0.5, 0.6) is 0 Å². The van der Waals surface area contributed by atoms with Gasteiger partial charge in [0.15, 0.2) is 0 Å². The first-order valence-electron chi connectivity index (χ1n) is 16.2. The van der Waals surface area contributed by atoms with Crippen LogP contribution in [0.15, 0.2) is 161 Å². The molecule has 0 amide bonds. The average Bonchev–Trinajstić information content (AvgIpc) is 3.08. The van der Waals surface area contributed by atoms with E-state index in [1.54, 1.807) is 43.7 Å². The number of rotatable bonds is 11. The molecule has 46 heavy (non-hydrogen) atoms. The summed E-state index contributed by atoms with van der Waals surface area (Å²) >= 11 is 0. The molecule has 0 fully saturated rings. The molecule has 0 aliphatic heterocycles. The first-order chi connectivity index (χ1) is 22.1. The Bertz CT molecular complexity index is 1480. The molecule has 238 valence electrons. The lowest BCUT2D eigenvalue weighted by Gasteiger charge is -2.33. The number of allylic oxidation sites excluding steroid dienone is 12. The molecule has 0 atom stereocenters. The standard InChI is InChI=1S/C33H38P.C10H12O2/c1-27(22-23-32-28(2)15-14-25-33(32,3)4)24-26-34(29-16-8-5-9-17-29,30-18-10-6-11-19-30)31-20-12-7-13-21-31;1-9(7-11)5-3-4-6-10(2)8-12/h5-13,16-24H,14-15,25-26H2,1-4H3;3-8H,1-2H3/q+1;/b23-22+,27-24+;4-3+,9-5+,10-6+. The third kappa shape index (κ3) is 10.2. The Morgan fingerprint density at radius 1 is 0.696 bits per heavy atom. The Morgan fingerprint density at radius 2 is 1.13 bits per heavy atom. The molecule has 3 heteroatoms. The minimum atomic E-state index is -1.82. The van der Waals surface area contributed by atoms with Crippen LogP contribution in [0.2, 0.25) is 0 Å². The van der Waals surface area contributed by atoms with E-state index >= 15 is 0 Å². The summed E-state index contributed by atoms with van der Waals surface area (Å²) in [7, 11) is -1.82. The highest BCUT2D eigenvalue weighted by molar-refractivity contribution is 7.95. The van der Waals surface area contributed by atoms with Crippen molar-refractivity contribution < 1.29 is 9.59 Å². The molecule has 0 saturated carbocycles. The molecule has 0 spiro atoms. The van der Waals surface area contributed by atoms with E-state index < -0.39 is 7.26 Å². The lowest BCUT2D eigenvalue weighted by atomic mass is 9.72. The molecule has 0 unspecified atom stereocenters. The van der Waals surface area contributed by atoms with Gasteiger partial charge in [-0.15, -0.1) is 0 Å². The molecule has 0 saturated heterocycles. The largest absolute Gasteiger partial charge is 0.298 e. The molecule has 0 radical (unpaired) electrons. The number of hydrogen-bond donors (Lipinski definition) is 0. The first-order valence-corrected chi connectivity index (χ1v) is 18.1. The Labute approximate surface area is 278 Å². The third-order valence-corrected chi connectivity index (χ3v) is 12.8. The lowest BCUT2D eigenvalue weighted by Crippen LogP contribution is -2.33. The van der Waals surface area contributed by atoms with Gasteiger partial charge in [-0.2, -0.15) is 0 Å². The molecule has 1 aliphatic carbocycles. The molecule has 1 aliphatic rings. The maximum Gasteiger partial charge on any atom is 0.145 e. The van der Waals surface area contributed by atoms with Crippen molar-refractivity contribution in [3.8, 4) is 0 Å². The second-order valence-corrected chi connectivity index (χ2v) is 16.2. The topological polar surface area (TPSA) is 34.1 Å². The van der Waals surface area contributed by atoms with Gasteiger partial charge in [-0.05, 0) is 112 Å². The van der Waals surface area contributed by atoms with Crippen molar-refractivity contribution in [1.29, 1.82) is 0 Å². The van der Waals surface area contributed by atoms with Crippen LogP contribution < -0.4 is 15.9 Å². The van der Waals surface area contributed by atoms with Crippen LogP contribution in [-0.2, 0) is 9.59 Å². The van der Waals surface area contributed by atoms with E-state index in [-0.39, 0.29) is 5.41 Å². The fourth-order valence-electron chi connectivity index (χ4n) is 5.88. The van der Waals surface area contributed by atoms with Gasteiger partial charge >= 0.3 is 0 Å². The van der Waals surface area contributed by atoms with Crippen molar-refractivity contribution in [2.75, 3.05) is 6.16 Å². The normalized spacial score (nSPS) is 15.9. The molecule has 3 aromatic carbocycles. The van der Waals surface area contributed by atoms with Gasteiger partial charge in [-0.3, -0.25) is 9.59 Å². The highest BCUT2D eigenvalue weighted by Crippen LogP contribution is 2.55. The fraction of sp³-hybridized carbons (Fsp3) is 0.256. The summed E-state index contributed by atoms with van der Waals surface area (Å²) in [5, 5.41) is 4.31. The van der Waals surface area contributed by atoms with Crippen LogP contribution >= 0.6 is 7.26 Å². The predicted molar refractivity (Wildman–Crippen MR) is 202 cm³/mol. The minimum Gasteiger partial charge on any atom is -0.298 e. The van der Waals surface area contributed by atoms with E-state index in [4.69, 9.17) is 0 Å². The zero-order valence-electron chi connectivity index (χ0n) is 28.4. The van der Waals surface area contributed by atoms with Crippen LogP contribution in [-0.4, -0.2) is 18.7 Å². The molecule has 4 rings (SSSR count). The molecule has 0 bridgehead atoms. The van der Waals surface area contributed by atoms with Crippen molar-refractivity contribution in [3.63, 3.8) is 0 Å². The maximum absolute atomic E-state index is 10.1. The second kappa shape index (κ2) is 18.1. The number of aldehydes is 2. The van der Waals surface area contributed by atoms with Crippen molar-refractivity contribution in [1.82, 2.24) is 0 Å². The van der Waals surface area contributed by atoms with Gasteiger partial charge in [0, 0.05) is 0 Å². The van der Waals surface area contributed by atoms with E-state index in [9.17, 15) is 9.59 Å². The van der Waals surface area contributed by atoms with E-state index in [1.165, 1.54) is 46.3 Å². The average molecular weight is 630 g/mol. The fourth-order valence-corrected chi connectivity index (χ4v) is 10.0. The summed E-state index contributed by atoms with van der Waals surface area (Å²) in [5.41, 5.74) is 6.01. The molecule has 0 N–H and O–H groups in total. The van der Waals surface area contributed by atoms with Crippen LogP contribution in [0.4, 0.5) is 0 Å². The van der Waals surface area contributed by atoms with E-state index in [0.29, 0.717) is 11.1 Å². The van der Waals surface area contributed by atoms with Gasteiger partial charge in [0.2, 0.25) is 0 Å². The maximum atomic E-state index is 10.1.